The minimum absolute atomic E-state index is 0.0242. The van der Waals surface area contributed by atoms with Gasteiger partial charge in [-0.15, -0.1) is 13.2 Å². The molecular formula is C17H14F6N2O4S. The lowest BCUT2D eigenvalue weighted by molar-refractivity contribution is -0.274. The maximum Gasteiger partial charge on any atom is 0.573 e. The van der Waals surface area contributed by atoms with Crippen LogP contribution in [0.2, 0.25) is 0 Å². The lowest BCUT2D eigenvalue weighted by Crippen LogP contribution is -2.36. The van der Waals surface area contributed by atoms with E-state index < -0.39 is 57.8 Å². The van der Waals surface area contributed by atoms with Crippen molar-refractivity contribution in [3.05, 3.63) is 59.7 Å². The van der Waals surface area contributed by atoms with Gasteiger partial charge in [-0.1, -0.05) is 24.3 Å². The molecule has 0 radical (unpaired) electrons. The summed E-state index contributed by atoms with van der Waals surface area (Å²) in [5.41, 5.74) is -1.21. The molecule has 0 aliphatic heterocycles. The van der Waals surface area contributed by atoms with Gasteiger partial charge in [-0.3, -0.25) is 4.79 Å². The molecular weight excluding hydrogens is 442 g/mol. The number of benzene rings is 2. The van der Waals surface area contributed by atoms with Crippen molar-refractivity contribution in [2.45, 2.75) is 24.0 Å². The van der Waals surface area contributed by atoms with E-state index in [1.165, 1.54) is 18.2 Å². The molecule has 0 aromatic heterocycles. The molecule has 0 bridgehead atoms. The predicted octanol–water partition coefficient (Wildman–Crippen LogP) is 3.20. The molecule has 2 rings (SSSR count). The van der Waals surface area contributed by atoms with Crippen LogP contribution in [0, 0.1) is 0 Å². The van der Waals surface area contributed by atoms with Crippen molar-refractivity contribution >= 4 is 15.9 Å². The largest absolute Gasteiger partial charge is 0.573 e. The van der Waals surface area contributed by atoms with Gasteiger partial charge in [0.2, 0.25) is 15.9 Å². The molecule has 1 amide bonds. The average Bonchev–Trinajstić information content (AvgIpc) is 2.64. The number of halogens is 6. The van der Waals surface area contributed by atoms with Crippen LogP contribution in [-0.4, -0.2) is 27.2 Å². The number of carbonyl (C=O) groups is 1. The Kier molecular flexibility index (Phi) is 6.98. The van der Waals surface area contributed by atoms with Crippen molar-refractivity contribution < 1.29 is 44.3 Å². The molecule has 0 saturated carbocycles. The molecule has 0 aliphatic rings. The van der Waals surface area contributed by atoms with E-state index in [4.69, 9.17) is 0 Å². The molecule has 30 heavy (non-hydrogen) atoms. The molecule has 0 spiro atoms. The first-order valence-corrected chi connectivity index (χ1v) is 9.53. The summed E-state index contributed by atoms with van der Waals surface area (Å²) in [5.74, 6) is -1.47. The van der Waals surface area contributed by atoms with E-state index in [2.05, 4.69) is 10.1 Å². The Morgan fingerprint density at radius 1 is 0.967 bits per heavy atom. The molecule has 6 nitrogen and oxygen atoms in total. The van der Waals surface area contributed by atoms with Gasteiger partial charge in [0.25, 0.3) is 0 Å². The zero-order valence-corrected chi connectivity index (χ0v) is 15.7. The van der Waals surface area contributed by atoms with Gasteiger partial charge >= 0.3 is 12.5 Å². The molecule has 164 valence electrons. The lowest BCUT2D eigenvalue weighted by atomic mass is 10.2. The molecule has 2 N–H and O–H groups in total. The highest BCUT2D eigenvalue weighted by Gasteiger charge is 2.32. The van der Waals surface area contributed by atoms with Gasteiger partial charge in [0.15, 0.2) is 0 Å². The Balaban J connectivity index is 1.99. The first-order valence-electron chi connectivity index (χ1n) is 8.05. The van der Waals surface area contributed by atoms with Gasteiger partial charge in [-0.05, 0) is 24.3 Å². The van der Waals surface area contributed by atoms with Gasteiger partial charge < -0.3 is 10.1 Å². The van der Waals surface area contributed by atoms with Crippen molar-refractivity contribution in [2.24, 2.45) is 0 Å². The third-order valence-corrected chi connectivity index (χ3v) is 4.97. The number of hydrogen-bond donors (Lipinski definition) is 2. The van der Waals surface area contributed by atoms with Crippen LogP contribution in [0.15, 0.2) is 53.4 Å². The van der Waals surface area contributed by atoms with E-state index in [0.29, 0.717) is 12.1 Å². The molecule has 0 atom stereocenters. The van der Waals surface area contributed by atoms with Crippen molar-refractivity contribution in [1.82, 2.24) is 10.0 Å². The summed E-state index contributed by atoms with van der Waals surface area (Å²) >= 11 is 0. The first kappa shape index (κ1) is 23.5. The summed E-state index contributed by atoms with van der Waals surface area (Å²) in [4.78, 5) is 11.1. The van der Waals surface area contributed by atoms with Crippen LogP contribution < -0.4 is 14.8 Å². The normalized spacial score (nSPS) is 12.5. The summed E-state index contributed by atoms with van der Waals surface area (Å²) in [5, 5.41) is 2.19. The number of ether oxygens (including phenoxy) is 1. The van der Waals surface area contributed by atoms with Gasteiger partial charge in [0.05, 0.1) is 17.0 Å². The SMILES string of the molecule is O=C(CNS(=O)(=O)c1cccc(C(F)(F)F)c1)NCc1ccccc1OC(F)(F)F. The Morgan fingerprint density at radius 3 is 2.27 bits per heavy atom. The Morgan fingerprint density at radius 2 is 1.63 bits per heavy atom. The molecule has 2 aromatic carbocycles. The first-order chi connectivity index (χ1) is 13.8. The van der Waals surface area contributed by atoms with Crippen molar-refractivity contribution in [3.8, 4) is 5.75 Å². The van der Waals surface area contributed by atoms with E-state index in [0.717, 1.165) is 18.2 Å². The highest BCUT2D eigenvalue weighted by atomic mass is 32.2. The Labute approximate surface area is 166 Å². The number of alkyl halides is 6. The van der Waals surface area contributed by atoms with Crippen molar-refractivity contribution in [1.29, 1.82) is 0 Å². The topological polar surface area (TPSA) is 84.5 Å². The predicted molar refractivity (Wildman–Crippen MR) is 91.6 cm³/mol. The quantitative estimate of drug-likeness (QED) is 0.627. The Hall–Kier alpha value is -2.80. The zero-order valence-electron chi connectivity index (χ0n) is 14.8. The summed E-state index contributed by atoms with van der Waals surface area (Å²) in [6.45, 7) is -1.25. The third-order valence-electron chi connectivity index (χ3n) is 3.57. The van der Waals surface area contributed by atoms with E-state index >= 15 is 0 Å². The van der Waals surface area contributed by atoms with Crippen LogP contribution in [-0.2, 0) is 27.5 Å². The molecule has 2 aromatic rings. The second kappa shape index (κ2) is 8.92. The summed E-state index contributed by atoms with van der Waals surface area (Å²) in [6, 6.07) is 7.89. The van der Waals surface area contributed by atoms with E-state index in [1.807, 2.05) is 4.72 Å². The van der Waals surface area contributed by atoms with Crippen molar-refractivity contribution in [3.63, 3.8) is 0 Å². The number of carbonyl (C=O) groups excluding carboxylic acids is 1. The minimum Gasteiger partial charge on any atom is -0.405 e. The second-order valence-electron chi connectivity index (χ2n) is 5.78. The van der Waals surface area contributed by atoms with E-state index in [9.17, 15) is 39.6 Å². The fourth-order valence-corrected chi connectivity index (χ4v) is 3.24. The van der Waals surface area contributed by atoms with Crippen LogP contribution in [0.5, 0.6) is 5.75 Å². The molecule has 0 saturated heterocycles. The molecule has 0 unspecified atom stereocenters. The third kappa shape index (κ3) is 6.91. The fraction of sp³-hybridized carbons (Fsp3) is 0.235. The van der Waals surface area contributed by atoms with Crippen molar-refractivity contribution in [2.75, 3.05) is 6.54 Å². The zero-order chi connectivity index (χ0) is 22.6. The van der Waals surface area contributed by atoms with Gasteiger partial charge in [0, 0.05) is 12.1 Å². The fourth-order valence-electron chi connectivity index (χ4n) is 2.21. The van der Waals surface area contributed by atoms with Gasteiger partial charge in [-0.2, -0.15) is 13.2 Å². The standard InChI is InChI=1S/C17H14F6N2O4S/c18-16(19,20)12-5-3-6-13(8-12)30(27,28)25-10-15(26)24-9-11-4-1-2-7-14(11)29-17(21,22)23/h1-8,25H,9-10H2,(H,24,26). The summed E-state index contributed by atoms with van der Waals surface area (Å²) in [7, 11) is -4.44. The smallest absolute Gasteiger partial charge is 0.405 e. The van der Waals surface area contributed by atoms with E-state index in [-0.39, 0.29) is 5.56 Å². The number of para-hydroxylation sites is 1. The van der Waals surface area contributed by atoms with Crippen LogP contribution in [0.25, 0.3) is 0 Å². The summed E-state index contributed by atoms with van der Waals surface area (Å²) in [6.07, 6.45) is -9.70. The number of hydrogen-bond acceptors (Lipinski definition) is 4. The van der Waals surface area contributed by atoms with Crippen LogP contribution in [0.3, 0.4) is 0 Å². The van der Waals surface area contributed by atoms with Gasteiger partial charge in [-0.25, -0.2) is 13.1 Å². The molecule has 0 fully saturated rings. The molecule has 0 heterocycles. The minimum atomic E-state index is -4.94. The van der Waals surface area contributed by atoms with E-state index in [1.54, 1.807) is 0 Å². The second-order valence-corrected chi connectivity index (χ2v) is 7.55. The lowest BCUT2D eigenvalue weighted by Gasteiger charge is -2.14. The highest BCUT2D eigenvalue weighted by Crippen LogP contribution is 2.30. The maximum atomic E-state index is 12.7. The average molecular weight is 456 g/mol. The summed E-state index contributed by atoms with van der Waals surface area (Å²) < 4.78 is 105. The Bertz CT molecular complexity index is 1010. The van der Waals surface area contributed by atoms with Gasteiger partial charge in [0.1, 0.15) is 5.75 Å². The highest BCUT2D eigenvalue weighted by molar-refractivity contribution is 7.89. The maximum absolute atomic E-state index is 12.7. The molecule has 13 heteroatoms. The van der Waals surface area contributed by atoms with Crippen LogP contribution >= 0.6 is 0 Å². The molecule has 0 aliphatic carbocycles. The van der Waals surface area contributed by atoms with Crippen LogP contribution in [0.1, 0.15) is 11.1 Å². The monoisotopic (exact) mass is 456 g/mol. The number of rotatable bonds is 7. The number of amides is 1. The number of nitrogens with one attached hydrogen (secondary N) is 2. The van der Waals surface area contributed by atoms with Crippen LogP contribution in [0.4, 0.5) is 26.3 Å². The number of sulfonamides is 1.